The van der Waals surface area contributed by atoms with Crippen LogP contribution in [0.5, 0.6) is 0 Å². The number of rotatable bonds is 38. The molecular weight excluding hydrogens is 750 g/mol. The number of likely N-dealkylation sites (N-methyl/N-ethyl adjacent to an activating group) is 1. The van der Waals surface area contributed by atoms with Gasteiger partial charge >= 0.3 is 19.8 Å². The summed E-state index contributed by atoms with van der Waals surface area (Å²) in [5, 5.41) is 0. The van der Waals surface area contributed by atoms with Crippen molar-refractivity contribution >= 4 is 19.8 Å². The molecule has 0 bridgehead atoms. The zero-order chi connectivity index (χ0) is 42.8. The van der Waals surface area contributed by atoms with Crippen LogP contribution in [0.1, 0.15) is 142 Å². The lowest BCUT2D eigenvalue weighted by molar-refractivity contribution is -0.870. The molecule has 0 radical (unpaired) electrons. The first-order valence-corrected chi connectivity index (χ1v) is 23.5. The van der Waals surface area contributed by atoms with E-state index in [9.17, 15) is 19.0 Å². The smallest absolute Gasteiger partial charge is 0.462 e. The van der Waals surface area contributed by atoms with Crippen LogP contribution in [-0.4, -0.2) is 74.9 Å². The van der Waals surface area contributed by atoms with Crippen molar-refractivity contribution in [2.24, 2.45) is 0 Å². The van der Waals surface area contributed by atoms with Crippen molar-refractivity contribution < 1.29 is 42.1 Å². The molecular formula is C48H81NO8P+. The average molecular weight is 831 g/mol. The standard InChI is InChI=1S/C48H80NO8P/c1-6-8-10-12-14-16-18-20-22-23-24-25-27-29-31-33-35-37-39-41-48(51)57-46(45-56-58(52,53)55-43-42-49(3,4)5)44-54-47(50)40-38-36-34-32-30-28-26-21-19-17-15-13-11-9-7-2/h8,10,14-17,20-22,24-26,29-32,46H,6-7,9,11-13,18-19,23,27-28,33-45H2,1-5H3/p+1/b10-8+,16-14+,17-15+,22-20+,25-24+,26-21+,31-29+,32-30+/t46-/m1/s1. The van der Waals surface area contributed by atoms with E-state index in [1.54, 1.807) is 0 Å². The molecule has 9 nitrogen and oxygen atoms in total. The molecule has 2 atom stereocenters. The fourth-order valence-electron chi connectivity index (χ4n) is 5.16. The normalized spacial score (nSPS) is 14.5. The van der Waals surface area contributed by atoms with Crippen molar-refractivity contribution in [3.8, 4) is 0 Å². The number of phosphoric ester groups is 1. The molecule has 0 spiro atoms. The number of hydrogen-bond donors (Lipinski definition) is 1. The molecule has 0 aliphatic rings. The Kier molecular flexibility index (Phi) is 37.3. The molecule has 0 amide bonds. The topological polar surface area (TPSA) is 108 Å². The summed E-state index contributed by atoms with van der Waals surface area (Å²) >= 11 is 0. The van der Waals surface area contributed by atoms with E-state index in [4.69, 9.17) is 18.5 Å². The Morgan fingerprint density at radius 2 is 0.983 bits per heavy atom. The van der Waals surface area contributed by atoms with Gasteiger partial charge in [0.2, 0.25) is 0 Å². The molecule has 0 heterocycles. The van der Waals surface area contributed by atoms with E-state index in [1.807, 2.05) is 21.1 Å². The molecule has 330 valence electrons. The second-order valence-electron chi connectivity index (χ2n) is 15.3. The van der Waals surface area contributed by atoms with Crippen LogP contribution in [0.4, 0.5) is 0 Å². The summed E-state index contributed by atoms with van der Waals surface area (Å²) < 4.78 is 34.2. The van der Waals surface area contributed by atoms with Crippen LogP contribution in [-0.2, 0) is 32.7 Å². The Hall–Kier alpha value is -3.07. The van der Waals surface area contributed by atoms with E-state index in [2.05, 4.69) is 111 Å². The van der Waals surface area contributed by atoms with Crippen LogP contribution in [0.25, 0.3) is 0 Å². The van der Waals surface area contributed by atoms with E-state index in [0.717, 1.165) is 83.5 Å². The Morgan fingerprint density at radius 1 is 0.552 bits per heavy atom. The lowest BCUT2D eigenvalue weighted by Gasteiger charge is -2.24. The predicted octanol–water partition coefficient (Wildman–Crippen LogP) is 12.6. The fraction of sp³-hybridized carbons (Fsp3) is 0.625. The van der Waals surface area contributed by atoms with Gasteiger partial charge in [0.25, 0.3) is 0 Å². The third-order valence-corrected chi connectivity index (χ3v) is 9.58. The third-order valence-electron chi connectivity index (χ3n) is 8.60. The summed E-state index contributed by atoms with van der Waals surface area (Å²) in [5.41, 5.74) is 0. The summed E-state index contributed by atoms with van der Waals surface area (Å²) in [6.07, 6.45) is 51.7. The Labute approximate surface area is 353 Å². The van der Waals surface area contributed by atoms with E-state index < -0.39 is 32.5 Å². The highest BCUT2D eigenvalue weighted by molar-refractivity contribution is 7.47. The minimum absolute atomic E-state index is 0.0130. The van der Waals surface area contributed by atoms with E-state index in [1.165, 1.54) is 19.3 Å². The number of quaternary nitrogens is 1. The van der Waals surface area contributed by atoms with Crippen molar-refractivity contribution in [2.75, 3.05) is 47.5 Å². The van der Waals surface area contributed by atoms with E-state index >= 15 is 0 Å². The van der Waals surface area contributed by atoms with Gasteiger partial charge in [-0.3, -0.25) is 18.6 Å². The molecule has 58 heavy (non-hydrogen) atoms. The maximum absolute atomic E-state index is 12.7. The fourth-order valence-corrected chi connectivity index (χ4v) is 5.90. The lowest BCUT2D eigenvalue weighted by Crippen LogP contribution is -2.37. The summed E-state index contributed by atoms with van der Waals surface area (Å²) in [6.45, 7) is 4.16. The van der Waals surface area contributed by atoms with Gasteiger partial charge in [0.05, 0.1) is 27.7 Å². The van der Waals surface area contributed by atoms with E-state index in [-0.39, 0.29) is 26.1 Å². The highest BCUT2D eigenvalue weighted by Gasteiger charge is 2.27. The second kappa shape index (κ2) is 39.4. The molecule has 0 aliphatic heterocycles. The van der Waals surface area contributed by atoms with Gasteiger partial charge in [-0.05, 0) is 96.3 Å². The minimum atomic E-state index is -4.40. The number of ether oxygens (including phenoxy) is 2. The molecule has 10 heteroatoms. The molecule has 0 saturated heterocycles. The van der Waals surface area contributed by atoms with E-state index in [0.29, 0.717) is 23.9 Å². The van der Waals surface area contributed by atoms with Crippen LogP contribution in [0, 0.1) is 0 Å². The number of carbonyl (C=O) groups excluding carboxylic acids is 2. The summed E-state index contributed by atoms with van der Waals surface area (Å²) in [5.74, 6) is -0.893. The van der Waals surface area contributed by atoms with Crippen LogP contribution < -0.4 is 0 Å². The minimum Gasteiger partial charge on any atom is -0.462 e. The van der Waals surface area contributed by atoms with Crippen LogP contribution in [0.2, 0.25) is 0 Å². The van der Waals surface area contributed by atoms with Gasteiger partial charge in [0.15, 0.2) is 6.10 Å². The highest BCUT2D eigenvalue weighted by atomic mass is 31.2. The van der Waals surface area contributed by atoms with Gasteiger partial charge in [0.1, 0.15) is 19.8 Å². The third kappa shape index (κ3) is 42.5. The zero-order valence-corrected chi connectivity index (χ0v) is 37.9. The Balaban J connectivity index is 4.52. The molecule has 0 aliphatic carbocycles. The summed E-state index contributed by atoms with van der Waals surface area (Å²) in [7, 11) is 1.41. The number of hydrogen-bond acceptors (Lipinski definition) is 7. The maximum atomic E-state index is 12.7. The highest BCUT2D eigenvalue weighted by Crippen LogP contribution is 2.43. The van der Waals surface area contributed by atoms with Gasteiger partial charge in [-0.1, -0.05) is 130 Å². The van der Waals surface area contributed by atoms with Crippen molar-refractivity contribution in [3.63, 3.8) is 0 Å². The predicted molar refractivity (Wildman–Crippen MR) is 242 cm³/mol. The number of allylic oxidation sites excluding steroid dienone is 16. The Morgan fingerprint density at radius 3 is 1.47 bits per heavy atom. The molecule has 0 aromatic heterocycles. The summed E-state index contributed by atoms with van der Waals surface area (Å²) in [6, 6.07) is 0. The number of carbonyl (C=O) groups is 2. The maximum Gasteiger partial charge on any atom is 0.472 e. The van der Waals surface area contributed by atoms with Crippen molar-refractivity contribution in [3.05, 3.63) is 97.2 Å². The van der Waals surface area contributed by atoms with Gasteiger partial charge in [-0.25, -0.2) is 4.57 Å². The molecule has 0 saturated carbocycles. The van der Waals surface area contributed by atoms with Crippen molar-refractivity contribution in [1.82, 2.24) is 0 Å². The average Bonchev–Trinajstić information content (AvgIpc) is 3.17. The molecule has 1 N–H and O–H groups in total. The van der Waals surface area contributed by atoms with Gasteiger partial charge < -0.3 is 18.9 Å². The first-order chi connectivity index (χ1) is 28.0. The van der Waals surface area contributed by atoms with Crippen LogP contribution in [0.15, 0.2) is 97.2 Å². The number of unbranched alkanes of at least 4 members (excludes halogenated alkanes) is 8. The first kappa shape index (κ1) is 54.9. The van der Waals surface area contributed by atoms with Gasteiger partial charge in [0, 0.05) is 12.8 Å². The SMILES string of the molecule is CC/C=C/C/C=C/C/C=C/C/C=C/C/C=C/CCCCCC(=O)O[C@H](COC(=O)CCCC/C=C/C/C=C/C/C=C/CCCCC)COP(=O)(O)OCC[N+](C)(C)C. The number of nitrogens with zero attached hydrogens (tertiary/aromatic N) is 1. The number of esters is 2. The largest absolute Gasteiger partial charge is 0.472 e. The van der Waals surface area contributed by atoms with Gasteiger partial charge in [-0.15, -0.1) is 0 Å². The second-order valence-corrected chi connectivity index (χ2v) is 16.8. The lowest BCUT2D eigenvalue weighted by atomic mass is 10.1. The van der Waals surface area contributed by atoms with Crippen LogP contribution in [0.3, 0.4) is 0 Å². The molecule has 0 aromatic carbocycles. The molecule has 0 aromatic rings. The molecule has 0 rings (SSSR count). The monoisotopic (exact) mass is 831 g/mol. The van der Waals surface area contributed by atoms with Crippen molar-refractivity contribution in [2.45, 2.75) is 148 Å². The molecule has 1 unspecified atom stereocenters. The van der Waals surface area contributed by atoms with Gasteiger partial charge in [-0.2, -0.15) is 0 Å². The van der Waals surface area contributed by atoms with Crippen LogP contribution >= 0.6 is 7.82 Å². The number of phosphoric acid groups is 1. The summed E-state index contributed by atoms with van der Waals surface area (Å²) in [4.78, 5) is 35.4. The Bertz CT molecular complexity index is 1300. The zero-order valence-electron chi connectivity index (χ0n) is 37.0. The quantitative estimate of drug-likeness (QED) is 0.0215. The first-order valence-electron chi connectivity index (χ1n) is 22.0. The van der Waals surface area contributed by atoms with Crippen molar-refractivity contribution in [1.29, 1.82) is 0 Å². The molecule has 0 fully saturated rings.